The molecule has 2 N–H and O–H groups in total. The summed E-state index contributed by atoms with van der Waals surface area (Å²) in [5, 5.41) is 3.08. The molecule has 0 radical (unpaired) electrons. The first-order valence-electron chi connectivity index (χ1n) is 11.1. The van der Waals surface area contributed by atoms with Crippen molar-refractivity contribution in [1.29, 1.82) is 0 Å². The van der Waals surface area contributed by atoms with Gasteiger partial charge in [0.15, 0.2) is 5.65 Å². The molecule has 9 nitrogen and oxygen atoms in total. The Hall–Kier alpha value is -3.76. The highest BCUT2D eigenvalue weighted by Gasteiger charge is 2.18. The molecule has 1 aliphatic heterocycles. The molecule has 0 atom stereocenters. The molecule has 0 unspecified atom stereocenters. The van der Waals surface area contributed by atoms with Gasteiger partial charge in [0, 0.05) is 43.8 Å². The summed E-state index contributed by atoms with van der Waals surface area (Å²) in [6, 6.07) is 9.91. The third kappa shape index (κ3) is 4.38. The third-order valence-electron chi connectivity index (χ3n) is 6.11. The summed E-state index contributed by atoms with van der Waals surface area (Å²) in [5.74, 6) is -0.583. The Kier molecular flexibility index (Phi) is 6.00. The van der Waals surface area contributed by atoms with E-state index in [1.165, 1.54) is 24.0 Å². The number of benzene rings is 2. The molecule has 0 aliphatic carbocycles. The predicted octanol–water partition coefficient (Wildman–Crippen LogP) is 3.07. The summed E-state index contributed by atoms with van der Waals surface area (Å²) in [7, 11) is 2.12. The summed E-state index contributed by atoms with van der Waals surface area (Å²) >= 11 is 6.06. The van der Waals surface area contributed by atoms with Gasteiger partial charge in [-0.15, -0.1) is 0 Å². The molecule has 2 aromatic carbocycles. The van der Waals surface area contributed by atoms with Gasteiger partial charge in [0.1, 0.15) is 16.9 Å². The Morgan fingerprint density at radius 1 is 1.11 bits per heavy atom. The molecule has 1 saturated heterocycles. The predicted molar refractivity (Wildman–Crippen MR) is 135 cm³/mol. The Labute approximate surface area is 204 Å². The zero-order chi connectivity index (χ0) is 24.7. The van der Waals surface area contributed by atoms with Crippen LogP contribution in [-0.4, -0.2) is 57.6 Å². The standard InChI is InChI=1S/C24H23ClFN7O2/c1-14-12-15(6-7-19(14)32-10-8-31(2)9-11-32)28-23-27-13-16-21(29-23)30-24(35)33(22(16)34)20-17(25)4-3-5-18(20)26/h3-7,12-13H,8-11H2,1-2H3,(H2,27,28,29,30,35). The monoisotopic (exact) mass is 495 g/mol. The molecule has 35 heavy (non-hydrogen) atoms. The molecule has 1 fully saturated rings. The molecule has 0 bridgehead atoms. The van der Waals surface area contributed by atoms with Crippen molar-refractivity contribution in [2.45, 2.75) is 6.92 Å². The summed E-state index contributed by atoms with van der Waals surface area (Å²) in [5.41, 5.74) is 1.15. The number of H-pyrrole nitrogens is 1. The van der Waals surface area contributed by atoms with Crippen LogP contribution in [0.5, 0.6) is 0 Å². The maximum absolute atomic E-state index is 14.4. The molecular weight excluding hydrogens is 473 g/mol. The number of nitrogens with zero attached hydrogens (tertiary/aromatic N) is 5. The number of hydrogen-bond acceptors (Lipinski definition) is 7. The van der Waals surface area contributed by atoms with E-state index in [1.54, 1.807) is 0 Å². The van der Waals surface area contributed by atoms with Gasteiger partial charge < -0.3 is 15.1 Å². The fraction of sp³-hybridized carbons (Fsp3) is 0.250. The van der Waals surface area contributed by atoms with Gasteiger partial charge in [0.2, 0.25) is 5.95 Å². The average Bonchev–Trinajstić information content (AvgIpc) is 2.81. The maximum atomic E-state index is 14.4. The van der Waals surface area contributed by atoms with Crippen molar-refractivity contribution in [2.75, 3.05) is 43.4 Å². The minimum atomic E-state index is -0.855. The lowest BCUT2D eigenvalue weighted by molar-refractivity contribution is 0.312. The highest BCUT2D eigenvalue weighted by atomic mass is 35.5. The summed E-state index contributed by atoms with van der Waals surface area (Å²) < 4.78 is 15.0. The molecule has 0 amide bonds. The van der Waals surface area contributed by atoms with Gasteiger partial charge in [-0.2, -0.15) is 4.98 Å². The first-order chi connectivity index (χ1) is 16.8. The number of aromatic nitrogens is 4. The number of nitrogens with one attached hydrogen (secondary N) is 2. The summed E-state index contributed by atoms with van der Waals surface area (Å²) in [6.45, 7) is 6.04. The normalized spacial score (nSPS) is 14.5. The zero-order valence-corrected chi connectivity index (χ0v) is 19.9. The van der Waals surface area contributed by atoms with Crippen LogP contribution in [0.1, 0.15) is 5.56 Å². The van der Waals surface area contributed by atoms with Crippen LogP contribution in [0, 0.1) is 12.7 Å². The van der Waals surface area contributed by atoms with Crippen molar-refractivity contribution in [3.8, 4) is 5.69 Å². The highest BCUT2D eigenvalue weighted by molar-refractivity contribution is 6.32. The number of likely N-dealkylation sites (N-methyl/N-ethyl adjacent to an activating group) is 1. The molecular formula is C24H23ClFN7O2. The smallest absolute Gasteiger partial charge is 0.334 e. The quantitative estimate of drug-likeness (QED) is 0.449. The van der Waals surface area contributed by atoms with Crippen molar-refractivity contribution in [3.63, 3.8) is 0 Å². The SMILES string of the molecule is Cc1cc(Nc2ncc3c(=O)n(-c4c(F)cccc4Cl)c(=O)[nH]c3n2)ccc1N1CCN(C)CC1. The maximum Gasteiger partial charge on any atom is 0.334 e. The van der Waals surface area contributed by atoms with Crippen LogP contribution in [0.2, 0.25) is 5.02 Å². The van der Waals surface area contributed by atoms with Crippen LogP contribution >= 0.6 is 11.6 Å². The average molecular weight is 496 g/mol. The lowest BCUT2D eigenvalue weighted by Gasteiger charge is -2.35. The van der Waals surface area contributed by atoms with Crippen LogP contribution in [-0.2, 0) is 0 Å². The molecule has 0 spiro atoms. The number of para-hydroxylation sites is 1. The molecule has 4 aromatic rings. The number of rotatable bonds is 4. The van der Waals surface area contributed by atoms with E-state index in [4.69, 9.17) is 11.6 Å². The number of fused-ring (bicyclic) bond motifs is 1. The Bertz CT molecular complexity index is 1520. The van der Waals surface area contributed by atoms with E-state index < -0.39 is 17.1 Å². The second-order valence-electron chi connectivity index (χ2n) is 8.51. The van der Waals surface area contributed by atoms with Gasteiger partial charge in [-0.3, -0.25) is 9.78 Å². The minimum absolute atomic E-state index is 0.0241. The third-order valence-corrected chi connectivity index (χ3v) is 6.41. The van der Waals surface area contributed by atoms with Gasteiger partial charge in [0.25, 0.3) is 5.56 Å². The van der Waals surface area contributed by atoms with Crippen LogP contribution in [0.4, 0.5) is 21.7 Å². The first-order valence-corrected chi connectivity index (χ1v) is 11.5. The van der Waals surface area contributed by atoms with E-state index in [0.717, 1.165) is 43.5 Å². The lowest BCUT2D eigenvalue weighted by Crippen LogP contribution is -2.44. The van der Waals surface area contributed by atoms with Crippen molar-refractivity contribution in [2.24, 2.45) is 0 Å². The van der Waals surface area contributed by atoms with Crippen molar-refractivity contribution in [1.82, 2.24) is 24.4 Å². The number of halogens is 2. The number of aromatic amines is 1. The van der Waals surface area contributed by atoms with Crippen molar-refractivity contribution in [3.05, 3.63) is 79.8 Å². The molecule has 1 aliphatic rings. The largest absolute Gasteiger partial charge is 0.369 e. The second-order valence-corrected chi connectivity index (χ2v) is 8.92. The topological polar surface area (TPSA) is 99.1 Å². The van der Waals surface area contributed by atoms with Crippen LogP contribution in [0.25, 0.3) is 16.7 Å². The Morgan fingerprint density at radius 3 is 2.60 bits per heavy atom. The van der Waals surface area contributed by atoms with Gasteiger partial charge in [0.05, 0.1) is 5.02 Å². The molecule has 3 heterocycles. The summed E-state index contributed by atoms with van der Waals surface area (Å²) in [6.07, 6.45) is 1.29. The number of hydrogen-bond donors (Lipinski definition) is 2. The van der Waals surface area contributed by atoms with E-state index in [9.17, 15) is 14.0 Å². The molecule has 11 heteroatoms. The van der Waals surface area contributed by atoms with E-state index in [2.05, 4.69) is 43.2 Å². The van der Waals surface area contributed by atoms with Crippen LogP contribution in [0.3, 0.4) is 0 Å². The van der Waals surface area contributed by atoms with E-state index >= 15 is 0 Å². The molecule has 2 aromatic heterocycles. The number of aryl methyl sites for hydroxylation is 1. The van der Waals surface area contributed by atoms with Crippen LogP contribution in [0.15, 0.2) is 52.2 Å². The second kappa shape index (κ2) is 9.12. The fourth-order valence-electron chi connectivity index (χ4n) is 4.23. The zero-order valence-electron chi connectivity index (χ0n) is 19.2. The van der Waals surface area contributed by atoms with Crippen molar-refractivity contribution >= 4 is 40.0 Å². The van der Waals surface area contributed by atoms with Crippen molar-refractivity contribution < 1.29 is 4.39 Å². The fourth-order valence-corrected chi connectivity index (χ4v) is 4.48. The summed E-state index contributed by atoms with van der Waals surface area (Å²) in [4.78, 5) is 41.4. The Balaban J connectivity index is 1.45. The van der Waals surface area contributed by atoms with Crippen LogP contribution < -0.4 is 21.5 Å². The Morgan fingerprint density at radius 2 is 1.89 bits per heavy atom. The number of piperazine rings is 1. The van der Waals surface area contributed by atoms with Gasteiger partial charge in [-0.05, 0) is 49.9 Å². The van der Waals surface area contributed by atoms with Gasteiger partial charge >= 0.3 is 5.69 Å². The van der Waals surface area contributed by atoms with Gasteiger partial charge in [-0.1, -0.05) is 17.7 Å². The molecule has 0 saturated carbocycles. The van der Waals surface area contributed by atoms with E-state index in [0.29, 0.717) is 4.57 Å². The highest BCUT2D eigenvalue weighted by Crippen LogP contribution is 2.26. The molecule has 5 rings (SSSR count). The molecule has 180 valence electrons. The van der Waals surface area contributed by atoms with E-state index in [1.807, 2.05) is 19.1 Å². The lowest BCUT2D eigenvalue weighted by atomic mass is 10.1. The first kappa shape index (κ1) is 23.0. The van der Waals surface area contributed by atoms with Gasteiger partial charge in [-0.25, -0.2) is 18.7 Å². The minimum Gasteiger partial charge on any atom is -0.369 e. The van der Waals surface area contributed by atoms with E-state index in [-0.39, 0.29) is 27.7 Å². The number of anilines is 3.